The molecule has 3 rings (SSSR count). The lowest BCUT2D eigenvalue weighted by molar-refractivity contribution is 0.224. The maximum atomic E-state index is 5.94. The molecule has 2 heterocycles. The molecule has 3 aromatic rings. The third kappa shape index (κ3) is 3.51. The van der Waals surface area contributed by atoms with Crippen LogP contribution in [-0.4, -0.2) is 37.8 Å². The van der Waals surface area contributed by atoms with Gasteiger partial charge in [-0.2, -0.15) is 9.61 Å². The van der Waals surface area contributed by atoms with Crippen molar-refractivity contribution in [1.29, 1.82) is 0 Å². The molecule has 1 aromatic carbocycles. The molecule has 0 amide bonds. The Bertz CT molecular complexity index is 750. The quantitative estimate of drug-likeness (QED) is 0.665. The first-order valence-electron chi connectivity index (χ1n) is 7.86. The van der Waals surface area contributed by atoms with Gasteiger partial charge < -0.3 is 4.74 Å². The second-order valence-corrected chi connectivity index (χ2v) is 6.27. The predicted molar refractivity (Wildman–Crippen MR) is 90.8 cm³/mol. The monoisotopic (exact) mass is 331 g/mol. The van der Waals surface area contributed by atoms with Crippen LogP contribution in [0.2, 0.25) is 0 Å². The molecule has 0 saturated heterocycles. The third-order valence-corrected chi connectivity index (χ3v) is 4.79. The summed E-state index contributed by atoms with van der Waals surface area (Å²) in [5.41, 5.74) is 0. The van der Waals surface area contributed by atoms with Crippen LogP contribution in [0.25, 0.3) is 4.96 Å². The smallest absolute Gasteiger partial charge is 0.234 e. The van der Waals surface area contributed by atoms with E-state index in [1.54, 1.807) is 0 Å². The minimum atomic E-state index is -0.120. The van der Waals surface area contributed by atoms with Gasteiger partial charge >= 0.3 is 0 Å². The van der Waals surface area contributed by atoms with Crippen molar-refractivity contribution in [3.63, 3.8) is 0 Å². The Morgan fingerprint density at radius 2 is 1.91 bits per heavy atom. The number of rotatable bonds is 7. The topological polar surface area (TPSA) is 55.5 Å². The number of para-hydroxylation sites is 1. The predicted octanol–water partition coefficient (Wildman–Crippen LogP) is 3.17. The van der Waals surface area contributed by atoms with Crippen LogP contribution in [0.1, 0.15) is 37.7 Å². The number of nitrogens with zero attached hydrogens (tertiary/aromatic N) is 5. The fourth-order valence-corrected chi connectivity index (χ4v) is 3.17. The zero-order valence-corrected chi connectivity index (χ0v) is 14.5. The number of fused-ring (bicyclic) bond motifs is 1. The Morgan fingerprint density at radius 3 is 2.61 bits per heavy atom. The highest BCUT2D eigenvalue weighted by Crippen LogP contribution is 2.25. The van der Waals surface area contributed by atoms with Gasteiger partial charge in [-0.05, 0) is 32.1 Å². The minimum absolute atomic E-state index is 0.120. The van der Waals surface area contributed by atoms with Crippen molar-refractivity contribution in [3.8, 4) is 5.75 Å². The summed E-state index contributed by atoms with van der Waals surface area (Å²) in [4.78, 5) is 3.10. The van der Waals surface area contributed by atoms with Gasteiger partial charge in [0, 0.05) is 0 Å². The summed E-state index contributed by atoms with van der Waals surface area (Å²) >= 11 is 1.52. The molecule has 2 aromatic heterocycles. The molecule has 1 atom stereocenters. The molecule has 6 nitrogen and oxygen atoms in total. The van der Waals surface area contributed by atoms with Crippen molar-refractivity contribution in [3.05, 3.63) is 41.2 Å². The van der Waals surface area contributed by atoms with Gasteiger partial charge in [0.1, 0.15) is 11.9 Å². The van der Waals surface area contributed by atoms with Gasteiger partial charge in [0.15, 0.2) is 10.8 Å². The van der Waals surface area contributed by atoms with Crippen LogP contribution in [-0.2, 0) is 6.54 Å². The highest BCUT2D eigenvalue weighted by molar-refractivity contribution is 7.16. The summed E-state index contributed by atoms with van der Waals surface area (Å²) in [6.45, 7) is 9.01. The van der Waals surface area contributed by atoms with Crippen molar-refractivity contribution >= 4 is 16.3 Å². The molecular weight excluding hydrogens is 310 g/mol. The van der Waals surface area contributed by atoms with Gasteiger partial charge in [-0.3, -0.25) is 4.90 Å². The molecule has 122 valence electrons. The molecule has 0 saturated carbocycles. The molecule has 0 bridgehead atoms. The second-order valence-electron chi connectivity index (χ2n) is 5.29. The first kappa shape index (κ1) is 15.9. The van der Waals surface area contributed by atoms with E-state index in [0.717, 1.165) is 41.2 Å². The molecule has 1 unspecified atom stereocenters. The molecule has 7 heteroatoms. The number of aromatic nitrogens is 4. The van der Waals surface area contributed by atoms with Crippen LogP contribution in [0, 0.1) is 0 Å². The summed E-state index contributed by atoms with van der Waals surface area (Å²) in [6.07, 6.45) is -0.120. The van der Waals surface area contributed by atoms with Crippen LogP contribution in [0.4, 0.5) is 0 Å². The molecule has 0 aliphatic rings. The van der Waals surface area contributed by atoms with Crippen molar-refractivity contribution in [2.75, 3.05) is 13.1 Å². The van der Waals surface area contributed by atoms with E-state index in [4.69, 9.17) is 4.74 Å². The fourth-order valence-electron chi connectivity index (χ4n) is 2.34. The van der Waals surface area contributed by atoms with Crippen LogP contribution in [0.3, 0.4) is 0 Å². The minimum Gasteiger partial charge on any atom is -0.483 e. The van der Waals surface area contributed by atoms with Crippen LogP contribution in [0.15, 0.2) is 30.3 Å². The lowest BCUT2D eigenvalue weighted by Crippen LogP contribution is -2.23. The number of hydrogen-bond donors (Lipinski definition) is 0. The number of benzene rings is 1. The van der Waals surface area contributed by atoms with Crippen LogP contribution >= 0.6 is 11.3 Å². The summed E-state index contributed by atoms with van der Waals surface area (Å²) < 4.78 is 7.78. The molecule has 23 heavy (non-hydrogen) atoms. The van der Waals surface area contributed by atoms with Crippen molar-refractivity contribution in [2.24, 2.45) is 0 Å². The third-order valence-electron chi connectivity index (χ3n) is 3.73. The van der Waals surface area contributed by atoms with E-state index < -0.39 is 0 Å². The maximum absolute atomic E-state index is 5.94. The zero-order chi connectivity index (χ0) is 16.2. The van der Waals surface area contributed by atoms with E-state index in [-0.39, 0.29) is 6.10 Å². The van der Waals surface area contributed by atoms with Crippen LogP contribution < -0.4 is 4.74 Å². The normalized spacial score (nSPS) is 12.9. The molecule has 0 radical (unpaired) electrons. The molecule has 0 N–H and O–H groups in total. The van der Waals surface area contributed by atoms with E-state index in [0.29, 0.717) is 0 Å². The summed E-state index contributed by atoms with van der Waals surface area (Å²) in [5, 5.41) is 14.0. The first-order chi connectivity index (χ1) is 11.2. The molecule has 0 aliphatic heterocycles. The highest BCUT2D eigenvalue weighted by atomic mass is 32.1. The average molecular weight is 331 g/mol. The SMILES string of the molecule is CCN(CC)Cc1nnc2sc(C(C)Oc3ccccc3)nn12. The maximum Gasteiger partial charge on any atom is 0.234 e. The zero-order valence-electron chi connectivity index (χ0n) is 13.6. The van der Waals surface area contributed by atoms with Gasteiger partial charge in [0.05, 0.1) is 6.54 Å². The molecule has 0 spiro atoms. The van der Waals surface area contributed by atoms with Crippen molar-refractivity contribution in [1.82, 2.24) is 24.7 Å². The molecule has 0 fully saturated rings. The Balaban J connectivity index is 1.79. The van der Waals surface area contributed by atoms with Gasteiger partial charge in [0.25, 0.3) is 0 Å². The Kier molecular flexibility index (Phi) is 4.88. The van der Waals surface area contributed by atoms with E-state index in [1.165, 1.54) is 11.3 Å². The summed E-state index contributed by atoms with van der Waals surface area (Å²) in [7, 11) is 0. The summed E-state index contributed by atoms with van der Waals surface area (Å²) in [6, 6.07) is 9.79. The van der Waals surface area contributed by atoms with Crippen LogP contribution in [0.5, 0.6) is 5.75 Å². The fraction of sp³-hybridized carbons (Fsp3) is 0.438. The van der Waals surface area contributed by atoms with E-state index >= 15 is 0 Å². The Labute approximate surface area is 139 Å². The lowest BCUT2D eigenvalue weighted by Gasteiger charge is -2.15. The van der Waals surface area contributed by atoms with Gasteiger partial charge in [-0.1, -0.05) is 43.4 Å². The molecule has 0 aliphatic carbocycles. The Morgan fingerprint density at radius 1 is 1.17 bits per heavy atom. The Hall–Kier alpha value is -1.99. The summed E-state index contributed by atoms with van der Waals surface area (Å²) in [5.74, 6) is 1.72. The number of hydrogen-bond acceptors (Lipinski definition) is 6. The van der Waals surface area contributed by atoms with E-state index in [9.17, 15) is 0 Å². The second kappa shape index (κ2) is 7.06. The number of ether oxygens (including phenoxy) is 1. The van der Waals surface area contributed by atoms with E-state index in [2.05, 4.69) is 34.0 Å². The van der Waals surface area contributed by atoms with Crippen molar-refractivity contribution in [2.45, 2.75) is 33.4 Å². The highest BCUT2D eigenvalue weighted by Gasteiger charge is 2.18. The molecular formula is C16H21N5OS. The van der Waals surface area contributed by atoms with Crippen molar-refractivity contribution < 1.29 is 4.74 Å². The largest absolute Gasteiger partial charge is 0.483 e. The standard InChI is InChI=1S/C16H21N5OS/c1-4-20(5-2)11-14-17-18-16-21(14)19-15(23-16)12(3)22-13-9-7-6-8-10-13/h6-10,12H,4-5,11H2,1-3H3. The first-order valence-corrected chi connectivity index (χ1v) is 8.68. The van der Waals surface area contributed by atoms with E-state index in [1.807, 2.05) is 41.8 Å². The van der Waals surface area contributed by atoms with Gasteiger partial charge in [-0.15, -0.1) is 10.2 Å². The van der Waals surface area contributed by atoms with Gasteiger partial charge in [-0.25, -0.2) is 0 Å². The van der Waals surface area contributed by atoms with Gasteiger partial charge in [0.2, 0.25) is 4.96 Å². The average Bonchev–Trinajstić information content (AvgIpc) is 3.15. The lowest BCUT2D eigenvalue weighted by atomic mass is 10.3.